The molecular formula is C22H20N2O. The Kier molecular flexibility index (Phi) is 5.37. The number of amides is 1. The van der Waals surface area contributed by atoms with Crippen molar-refractivity contribution >= 4 is 12.0 Å². The fourth-order valence-electron chi connectivity index (χ4n) is 2.58. The summed E-state index contributed by atoms with van der Waals surface area (Å²) in [6, 6.07) is 23.6. The number of carbonyl (C=O) groups excluding carboxylic acids is 1. The Morgan fingerprint density at radius 3 is 2.56 bits per heavy atom. The number of nitrogens with zero attached hydrogens (tertiary/aromatic N) is 1. The first-order chi connectivity index (χ1) is 12.2. The van der Waals surface area contributed by atoms with E-state index in [9.17, 15) is 4.79 Å². The molecule has 3 aromatic rings. The summed E-state index contributed by atoms with van der Waals surface area (Å²) in [5.74, 6) is -0.111. The van der Waals surface area contributed by atoms with Gasteiger partial charge in [0.05, 0.1) is 11.7 Å². The van der Waals surface area contributed by atoms with Crippen molar-refractivity contribution in [3.05, 3.63) is 96.2 Å². The van der Waals surface area contributed by atoms with Gasteiger partial charge in [0.15, 0.2) is 0 Å². The molecule has 0 fully saturated rings. The van der Waals surface area contributed by atoms with Crippen LogP contribution in [-0.2, 0) is 4.79 Å². The number of rotatable bonds is 5. The minimum Gasteiger partial charge on any atom is -0.346 e. The van der Waals surface area contributed by atoms with Gasteiger partial charge in [-0.2, -0.15) is 0 Å². The van der Waals surface area contributed by atoms with Gasteiger partial charge >= 0.3 is 0 Å². The molecule has 124 valence electrons. The first kappa shape index (κ1) is 16.7. The molecule has 0 saturated carbocycles. The predicted octanol–water partition coefficient (Wildman–Crippen LogP) is 4.64. The zero-order valence-electron chi connectivity index (χ0n) is 14.1. The highest BCUT2D eigenvalue weighted by molar-refractivity contribution is 5.92. The molecule has 0 aliphatic carbocycles. The molecular weight excluding hydrogens is 308 g/mol. The van der Waals surface area contributed by atoms with E-state index in [4.69, 9.17) is 0 Å². The molecule has 0 radical (unpaired) electrons. The summed E-state index contributed by atoms with van der Waals surface area (Å²) in [6.45, 7) is 1.98. The molecule has 2 aromatic carbocycles. The van der Waals surface area contributed by atoms with Gasteiger partial charge in [-0.3, -0.25) is 9.78 Å². The first-order valence-corrected chi connectivity index (χ1v) is 8.27. The molecule has 25 heavy (non-hydrogen) atoms. The normalized spacial score (nSPS) is 12.0. The highest BCUT2D eigenvalue weighted by Crippen LogP contribution is 2.21. The lowest BCUT2D eigenvalue weighted by molar-refractivity contribution is -0.117. The van der Waals surface area contributed by atoms with Crippen LogP contribution in [0, 0.1) is 0 Å². The maximum absolute atomic E-state index is 12.1. The van der Waals surface area contributed by atoms with Crippen LogP contribution in [0.3, 0.4) is 0 Å². The fourth-order valence-corrected chi connectivity index (χ4v) is 2.58. The smallest absolute Gasteiger partial charge is 0.244 e. The molecule has 1 aromatic heterocycles. The third kappa shape index (κ3) is 4.64. The molecule has 0 bridgehead atoms. The van der Waals surface area contributed by atoms with Crippen LogP contribution in [0.5, 0.6) is 0 Å². The van der Waals surface area contributed by atoms with Gasteiger partial charge in [-0.1, -0.05) is 54.6 Å². The van der Waals surface area contributed by atoms with Crippen molar-refractivity contribution in [3.8, 4) is 11.3 Å². The van der Waals surface area contributed by atoms with Crippen LogP contribution >= 0.6 is 0 Å². The molecule has 0 spiro atoms. The van der Waals surface area contributed by atoms with Crippen molar-refractivity contribution in [1.82, 2.24) is 10.3 Å². The van der Waals surface area contributed by atoms with Crippen LogP contribution in [0.2, 0.25) is 0 Å². The standard InChI is InChI=1S/C22H20N2O/c1-17(24-22(25)14-13-18-8-3-2-4-9-18)19-10-7-11-20(16-19)21-12-5-6-15-23-21/h2-17H,1H3,(H,24,25)/b14-13+/t17-/m0/s1. The van der Waals surface area contributed by atoms with Crippen LogP contribution in [0.4, 0.5) is 0 Å². The molecule has 0 aliphatic heterocycles. The van der Waals surface area contributed by atoms with E-state index in [1.165, 1.54) is 0 Å². The summed E-state index contributed by atoms with van der Waals surface area (Å²) in [6.07, 6.45) is 5.16. The van der Waals surface area contributed by atoms with Crippen molar-refractivity contribution in [2.24, 2.45) is 0 Å². The Hall–Kier alpha value is -3.20. The van der Waals surface area contributed by atoms with Crippen molar-refractivity contribution in [2.75, 3.05) is 0 Å². The van der Waals surface area contributed by atoms with Gasteiger partial charge in [-0.05, 0) is 42.3 Å². The number of benzene rings is 2. The Bertz CT molecular complexity index is 857. The van der Waals surface area contributed by atoms with E-state index in [1.54, 1.807) is 12.3 Å². The van der Waals surface area contributed by atoms with E-state index in [2.05, 4.69) is 16.4 Å². The van der Waals surface area contributed by atoms with Gasteiger partial charge in [-0.25, -0.2) is 0 Å². The van der Waals surface area contributed by atoms with Crippen molar-refractivity contribution < 1.29 is 4.79 Å². The second kappa shape index (κ2) is 8.06. The molecule has 1 amide bonds. The lowest BCUT2D eigenvalue weighted by Gasteiger charge is -2.14. The number of aromatic nitrogens is 1. The average molecular weight is 328 g/mol. The van der Waals surface area contributed by atoms with Crippen LogP contribution in [-0.4, -0.2) is 10.9 Å². The topological polar surface area (TPSA) is 42.0 Å². The largest absolute Gasteiger partial charge is 0.346 e. The number of hydrogen-bond acceptors (Lipinski definition) is 2. The summed E-state index contributed by atoms with van der Waals surface area (Å²) < 4.78 is 0. The van der Waals surface area contributed by atoms with E-state index in [0.29, 0.717) is 0 Å². The highest BCUT2D eigenvalue weighted by atomic mass is 16.1. The van der Waals surface area contributed by atoms with Gasteiger partial charge in [0.25, 0.3) is 0 Å². The summed E-state index contributed by atoms with van der Waals surface area (Å²) in [5, 5.41) is 3.00. The van der Waals surface area contributed by atoms with Gasteiger partial charge in [0.1, 0.15) is 0 Å². The molecule has 0 unspecified atom stereocenters. The summed E-state index contributed by atoms with van der Waals surface area (Å²) in [4.78, 5) is 16.5. The van der Waals surface area contributed by atoms with E-state index < -0.39 is 0 Å². The maximum Gasteiger partial charge on any atom is 0.244 e. The molecule has 1 atom stereocenters. The quantitative estimate of drug-likeness (QED) is 0.693. The lowest BCUT2D eigenvalue weighted by atomic mass is 10.0. The highest BCUT2D eigenvalue weighted by Gasteiger charge is 2.09. The first-order valence-electron chi connectivity index (χ1n) is 8.27. The minimum absolute atomic E-state index is 0.0865. The van der Waals surface area contributed by atoms with Crippen LogP contribution in [0.25, 0.3) is 17.3 Å². The molecule has 3 heteroatoms. The predicted molar refractivity (Wildman–Crippen MR) is 102 cm³/mol. The Morgan fingerprint density at radius 2 is 1.80 bits per heavy atom. The monoisotopic (exact) mass is 328 g/mol. The van der Waals surface area contributed by atoms with E-state index in [1.807, 2.05) is 79.7 Å². The van der Waals surface area contributed by atoms with Crippen molar-refractivity contribution in [2.45, 2.75) is 13.0 Å². The van der Waals surface area contributed by atoms with Gasteiger partial charge < -0.3 is 5.32 Å². The number of hydrogen-bond donors (Lipinski definition) is 1. The zero-order valence-corrected chi connectivity index (χ0v) is 14.1. The second-order valence-corrected chi connectivity index (χ2v) is 5.81. The van der Waals surface area contributed by atoms with E-state index >= 15 is 0 Å². The molecule has 1 N–H and O–H groups in total. The SMILES string of the molecule is C[C@H](NC(=O)/C=C/c1ccccc1)c1cccc(-c2ccccn2)c1. The van der Waals surface area contributed by atoms with E-state index in [-0.39, 0.29) is 11.9 Å². The number of nitrogens with one attached hydrogen (secondary N) is 1. The van der Waals surface area contributed by atoms with Gasteiger partial charge in [0.2, 0.25) is 5.91 Å². The third-order valence-electron chi connectivity index (χ3n) is 3.93. The van der Waals surface area contributed by atoms with Crippen LogP contribution < -0.4 is 5.32 Å². The summed E-state index contributed by atoms with van der Waals surface area (Å²) in [7, 11) is 0. The molecule has 3 rings (SSSR count). The van der Waals surface area contributed by atoms with Gasteiger partial charge in [-0.15, -0.1) is 0 Å². The second-order valence-electron chi connectivity index (χ2n) is 5.81. The van der Waals surface area contributed by atoms with Crippen LogP contribution in [0.15, 0.2) is 85.1 Å². The summed E-state index contributed by atoms with van der Waals surface area (Å²) >= 11 is 0. The molecule has 0 saturated heterocycles. The zero-order chi connectivity index (χ0) is 17.5. The maximum atomic E-state index is 12.1. The Morgan fingerprint density at radius 1 is 1.00 bits per heavy atom. The molecule has 3 nitrogen and oxygen atoms in total. The number of carbonyl (C=O) groups is 1. The van der Waals surface area contributed by atoms with Gasteiger partial charge in [0, 0.05) is 17.8 Å². The third-order valence-corrected chi connectivity index (χ3v) is 3.93. The molecule has 0 aliphatic rings. The number of pyridine rings is 1. The van der Waals surface area contributed by atoms with Crippen molar-refractivity contribution in [3.63, 3.8) is 0 Å². The Labute approximate surface area is 148 Å². The summed E-state index contributed by atoms with van der Waals surface area (Å²) in [5.41, 5.74) is 4.01. The molecule has 1 heterocycles. The average Bonchev–Trinajstić information content (AvgIpc) is 2.68. The Balaban J connectivity index is 1.68. The lowest BCUT2D eigenvalue weighted by Crippen LogP contribution is -2.24. The fraction of sp³-hybridized carbons (Fsp3) is 0.0909. The van der Waals surface area contributed by atoms with Crippen molar-refractivity contribution in [1.29, 1.82) is 0 Å². The van der Waals surface area contributed by atoms with E-state index in [0.717, 1.165) is 22.4 Å². The minimum atomic E-state index is -0.111. The van der Waals surface area contributed by atoms with Crippen LogP contribution in [0.1, 0.15) is 24.1 Å².